The summed E-state index contributed by atoms with van der Waals surface area (Å²) in [5.74, 6) is -0.900. The molecule has 0 aromatic rings. The molecule has 0 fully saturated rings. The van der Waals surface area contributed by atoms with E-state index in [1.165, 1.54) is 128 Å². The van der Waals surface area contributed by atoms with Crippen molar-refractivity contribution < 1.29 is 37.6 Å². The number of hydrogen-bond donors (Lipinski definition) is 2. The molecule has 3 N–H and O–H groups in total. The summed E-state index contributed by atoms with van der Waals surface area (Å²) in [6, 6.07) is 0. The number of allylic oxidation sites excluding steroid dienone is 4. The van der Waals surface area contributed by atoms with Crippen molar-refractivity contribution in [2.45, 2.75) is 200 Å². The van der Waals surface area contributed by atoms with Gasteiger partial charge in [0.1, 0.15) is 6.61 Å². The lowest BCUT2D eigenvalue weighted by atomic mass is 10.0. The van der Waals surface area contributed by atoms with Gasteiger partial charge in [0.2, 0.25) is 0 Å². The monoisotopic (exact) mass is 744 g/mol. The molecule has 0 bridgehead atoms. The maximum atomic E-state index is 12.5. The molecule has 0 aliphatic carbocycles. The Morgan fingerprint density at radius 3 is 1.57 bits per heavy atom. The van der Waals surface area contributed by atoms with Crippen LogP contribution in [0.3, 0.4) is 0 Å². The van der Waals surface area contributed by atoms with E-state index in [-0.39, 0.29) is 32.6 Å². The van der Waals surface area contributed by atoms with Crippen molar-refractivity contribution in [1.29, 1.82) is 0 Å². The largest absolute Gasteiger partial charge is 0.472 e. The molecule has 0 aromatic heterocycles. The number of phosphoric acid groups is 1. The predicted molar refractivity (Wildman–Crippen MR) is 211 cm³/mol. The van der Waals surface area contributed by atoms with Crippen LogP contribution in [0.5, 0.6) is 0 Å². The van der Waals surface area contributed by atoms with Crippen LogP contribution in [0.25, 0.3) is 0 Å². The lowest BCUT2D eigenvalue weighted by molar-refractivity contribution is -0.161. The van der Waals surface area contributed by atoms with E-state index in [1.54, 1.807) is 0 Å². The highest BCUT2D eigenvalue weighted by Crippen LogP contribution is 2.43. The van der Waals surface area contributed by atoms with Gasteiger partial charge >= 0.3 is 19.8 Å². The Morgan fingerprint density at radius 2 is 1.06 bits per heavy atom. The molecule has 0 rings (SSSR count). The van der Waals surface area contributed by atoms with Gasteiger partial charge in [-0.25, -0.2) is 4.57 Å². The van der Waals surface area contributed by atoms with E-state index >= 15 is 0 Å². The minimum atomic E-state index is -4.38. The third-order valence-corrected chi connectivity index (χ3v) is 9.84. The average molecular weight is 744 g/mol. The van der Waals surface area contributed by atoms with E-state index in [1.807, 2.05) is 12.2 Å². The summed E-state index contributed by atoms with van der Waals surface area (Å²) >= 11 is 0. The number of carbonyl (C=O) groups is 2. The van der Waals surface area contributed by atoms with Gasteiger partial charge in [0.05, 0.1) is 13.2 Å². The maximum Gasteiger partial charge on any atom is 0.472 e. The summed E-state index contributed by atoms with van der Waals surface area (Å²) in [5, 5.41) is 0. The number of unbranched alkanes of at least 4 members (excludes halogenated alkanes) is 22. The minimum absolute atomic E-state index is 0.0474. The SMILES string of the molecule is CCCCCCCCCC/C=C\C/C=C\CCC(=O)OC(COC(=O)CCCCCCCCCCCCCCCCC)COP(=O)(O)OCCN. The molecule has 0 spiro atoms. The molecule has 51 heavy (non-hydrogen) atoms. The van der Waals surface area contributed by atoms with Crippen molar-refractivity contribution in [3.05, 3.63) is 24.3 Å². The summed E-state index contributed by atoms with van der Waals surface area (Å²) in [7, 11) is -4.38. The van der Waals surface area contributed by atoms with Crippen LogP contribution >= 0.6 is 7.82 Å². The quantitative estimate of drug-likeness (QED) is 0.0273. The standard InChI is InChI=1S/C41H78NO8P/c1-3-5-7-9-11-13-15-17-19-21-23-25-27-29-31-33-40(43)47-37-39(38-49-51(45,46)48-36-35-42)50-41(44)34-32-30-28-26-24-22-20-18-16-14-12-10-8-6-4-2/h22,24,28,30,39H,3-21,23,25-27,29,31-38,42H2,1-2H3,(H,45,46)/b24-22-,30-28-. The molecule has 2 atom stereocenters. The molecule has 2 unspecified atom stereocenters. The van der Waals surface area contributed by atoms with Crippen LogP contribution in [-0.4, -0.2) is 49.3 Å². The van der Waals surface area contributed by atoms with E-state index < -0.39 is 32.5 Å². The molecule has 9 nitrogen and oxygen atoms in total. The number of nitrogens with two attached hydrogens (primary N) is 1. The molecule has 0 radical (unpaired) electrons. The van der Waals surface area contributed by atoms with Crippen LogP contribution in [0.4, 0.5) is 0 Å². The van der Waals surface area contributed by atoms with Crippen LogP contribution in [0.15, 0.2) is 24.3 Å². The maximum absolute atomic E-state index is 12.5. The molecule has 0 saturated heterocycles. The summed E-state index contributed by atoms with van der Waals surface area (Å²) < 4.78 is 32.6. The van der Waals surface area contributed by atoms with Crippen LogP contribution in [-0.2, 0) is 32.7 Å². The number of rotatable bonds is 39. The number of carbonyl (C=O) groups excluding carboxylic acids is 2. The second-order valence-electron chi connectivity index (χ2n) is 13.9. The Hall–Kier alpha value is -1.51. The number of ether oxygens (including phenoxy) is 2. The number of phosphoric ester groups is 1. The minimum Gasteiger partial charge on any atom is -0.462 e. The lowest BCUT2D eigenvalue weighted by Gasteiger charge is -2.19. The Balaban J connectivity index is 4.23. The van der Waals surface area contributed by atoms with E-state index in [0.29, 0.717) is 6.42 Å². The molecular formula is C41H78NO8P. The predicted octanol–water partition coefficient (Wildman–Crippen LogP) is 11.6. The molecule has 0 aliphatic heterocycles. The highest BCUT2D eigenvalue weighted by Gasteiger charge is 2.25. The fraction of sp³-hybridized carbons (Fsp3) is 0.854. The van der Waals surface area contributed by atoms with Gasteiger partial charge < -0.3 is 20.1 Å². The van der Waals surface area contributed by atoms with E-state index in [4.69, 9.17) is 24.3 Å². The first kappa shape index (κ1) is 49.5. The molecule has 10 heteroatoms. The lowest BCUT2D eigenvalue weighted by Crippen LogP contribution is -2.29. The van der Waals surface area contributed by atoms with E-state index in [0.717, 1.165) is 32.1 Å². The van der Waals surface area contributed by atoms with Crippen molar-refractivity contribution in [1.82, 2.24) is 0 Å². The van der Waals surface area contributed by atoms with Gasteiger partial charge in [0.15, 0.2) is 6.10 Å². The van der Waals surface area contributed by atoms with Gasteiger partial charge in [-0.15, -0.1) is 0 Å². The fourth-order valence-corrected chi connectivity index (χ4v) is 6.51. The zero-order valence-electron chi connectivity index (χ0n) is 32.8. The highest BCUT2D eigenvalue weighted by molar-refractivity contribution is 7.47. The van der Waals surface area contributed by atoms with Gasteiger partial charge in [-0.2, -0.15) is 0 Å². The van der Waals surface area contributed by atoms with Gasteiger partial charge in [0.25, 0.3) is 0 Å². The molecule has 0 aliphatic rings. The molecule has 0 aromatic carbocycles. The third kappa shape index (κ3) is 38.0. The Bertz CT molecular complexity index is 897. The summed E-state index contributed by atoms with van der Waals surface area (Å²) in [5.41, 5.74) is 5.33. The van der Waals surface area contributed by atoms with Gasteiger partial charge in [-0.1, -0.05) is 173 Å². The highest BCUT2D eigenvalue weighted by atomic mass is 31.2. The number of esters is 2. The normalized spacial score (nSPS) is 13.6. The Kier molecular flexibility index (Phi) is 37.1. The summed E-state index contributed by atoms with van der Waals surface area (Å²) in [6.45, 7) is 3.68. The Morgan fingerprint density at radius 1 is 0.588 bits per heavy atom. The first-order chi connectivity index (χ1) is 24.8. The van der Waals surface area contributed by atoms with Crippen LogP contribution in [0.2, 0.25) is 0 Å². The first-order valence-electron chi connectivity index (χ1n) is 20.8. The summed E-state index contributed by atoms with van der Waals surface area (Å²) in [6.07, 6.45) is 39.4. The number of hydrogen-bond acceptors (Lipinski definition) is 8. The fourth-order valence-electron chi connectivity index (χ4n) is 5.75. The molecule has 0 saturated carbocycles. The van der Waals surface area contributed by atoms with Crippen molar-refractivity contribution in [3.63, 3.8) is 0 Å². The van der Waals surface area contributed by atoms with Crippen LogP contribution in [0.1, 0.15) is 194 Å². The average Bonchev–Trinajstić information content (AvgIpc) is 3.11. The zero-order chi connectivity index (χ0) is 37.5. The van der Waals surface area contributed by atoms with E-state index in [9.17, 15) is 19.0 Å². The molecule has 0 amide bonds. The zero-order valence-corrected chi connectivity index (χ0v) is 33.7. The second kappa shape index (κ2) is 38.2. The van der Waals surface area contributed by atoms with Crippen molar-refractivity contribution in [2.75, 3.05) is 26.4 Å². The van der Waals surface area contributed by atoms with E-state index in [2.05, 4.69) is 26.0 Å². The van der Waals surface area contributed by atoms with Crippen molar-refractivity contribution in [3.8, 4) is 0 Å². The van der Waals surface area contributed by atoms with Crippen LogP contribution in [0, 0.1) is 0 Å². The van der Waals surface area contributed by atoms with Gasteiger partial charge in [-0.3, -0.25) is 18.6 Å². The molecule has 300 valence electrons. The third-order valence-electron chi connectivity index (χ3n) is 8.85. The van der Waals surface area contributed by atoms with Crippen molar-refractivity contribution >= 4 is 19.8 Å². The Labute approximate surface area is 312 Å². The second-order valence-corrected chi connectivity index (χ2v) is 15.3. The first-order valence-corrected chi connectivity index (χ1v) is 22.3. The van der Waals surface area contributed by atoms with Gasteiger partial charge in [0, 0.05) is 19.4 Å². The smallest absolute Gasteiger partial charge is 0.462 e. The van der Waals surface area contributed by atoms with Crippen LogP contribution < -0.4 is 5.73 Å². The summed E-state index contributed by atoms with van der Waals surface area (Å²) in [4.78, 5) is 34.7. The van der Waals surface area contributed by atoms with Gasteiger partial charge in [-0.05, 0) is 32.1 Å². The topological polar surface area (TPSA) is 134 Å². The molecule has 0 heterocycles. The van der Waals surface area contributed by atoms with Crippen molar-refractivity contribution in [2.24, 2.45) is 5.73 Å². The molecular weight excluding hydrogens is 665 g/mol.